The van der Waals surface area contributed by atoms with Crippen LogP contribution in [0.15, 0.2) is 53.2 Å². The number of unbranched alkanes of at least 4 members (excludes halogenated alkanes) is 12. The fourth-order valence-electron chi connectivity index (χ4n) is 9.93. The van der Waals surface area contributed by atoms with Crippen LogP contribution in [-0.2, 0) is 0 Å². The first-order chi connectivity index (χ1) is 31.7. The van der Waals surface area contributed by atoms with Gasteiger partial charge in [0.25, 0.3) is 0 Å². The third-order valence-electron chi connectivity index (χ3n) is 14.9. The normalized spacial score (nSPS) is 18.4. The zero-order valence-corrected chi connectivity index (χ0v) is 47.4. The molecule has 4 rings (SSSR count). The lowest BCUT2D eigenvalue weighted by Gasteiger charge is -2.29. The Balaban J connectivity index is 0.00000164. The van der Waals surface area contributed by atoms with Crippen LogP contribution in [0.2, 0.25) is 0 Å². The second-order valence-corrected chi connectivity index (χ2v) is 20.2. The summed E-state index contributed by atoms with van der Waals surface area (Å²) in [6.45, 7) is 35.3. The maximum Gasteiger partial charge on any atom is -0.0128 e. The summed E-state index contributed by atoms with van der Waals surface area (Å²) in [5, 5.41) is 0. The monoisotopic (exact) mass is 899 g/mol. The number of rotatable bonds is 31. The lowest BCUT2D eigenvalue weighted by Crippen LogP contribution is -2.12. The van der Waals surface area contributed by atoms with E-state index in [1.54, 1.807) is 16.7 Å². The van der Waals surface area contributed by atoms with Crippen LogP contribution in [0.25, 0.3) is 5.57 Å². The van der Waals surface area contributed by atoms with Gasteiger partial charge in [-0.15, -0.1) is 0 Å². The quantitative estimate of drug-likeness (QED) is 0.0515. The Morgan fingerprint density at radius 2 is 1.23 bits per heavy atom. The predicted molar refractivity (Wildman–Crippen MR) is 302 cm³/mol. The maximum absolute atomic E-state index is 2.65. The highest BCUT2D eigenvalue weighted by atomic mass is 14.4. The van der Waals surface area contributed by atoms with Crippen molar-refractivity contribution in [3.8, 4) is 0 Å². The smallest absolute Gasteiger partial charge is 0.0128 e. The molecule has 0 heteroatoms. The molecule has 3 saturated carbocycles. The summed E-state index contributed by atoms with van der Waals surface area (Å²) in [7, 11) is 0. The Morgan fingerprint density at radius 1 is 0.631 bits per heavy atom. The van der Waals surface area contributed by atoms with Crippen LogP contribution in [0.4, 0.5) is 0 Å². The van der Waals surface area contributed by atoms with Crippen LogP contribution in [-0.4, -0.2) is 0 Å². The van der Waals surface area contributed by atoms with Crippen molar-refractivity contribution in [1.29, 1.82) is 0 Å². The van der Waals surface area contributed by atoms with E-state index in [0.29, 0.717) is 0 Å². The van der Waals surface area contributed by atoms with E-state index in [1.165, 1.54) is 208 Å². The van der Waals surface area contributed by atoms with Gasteiger partial charge < -0.3 is 0 Å². The molecular weight excluding hydrogens is 781 g/mol. The van der Waals surface area contributed by atoms with E-state index < -0.39 is 0 Å². The topological polar surface area (TPSA) is 0 Å². The van der Waals surface area contributed by atoms with Gasteiger partial charge in [0.15, 0.2) is 0 Å². The van der Waals surface area contributed by atoms with E-state index in [0.717, 1.165) is 41.9 Å². The zero-order chi connectivity index (χ0) is 48.8. The van der Waals surface area contributed by atoms with Crippen molar-refractivity contribution in [2.45, 2.75) is 309 Å². The van der Waals surface area contributed by atoms with Gasteiger partial charge in [0.1, 0.15) is 0 Å². The second kappa shape index (κ2) is 41.2. The molecule has 4 unspecified atom stereocenters. The summed E-state index contributed by atoms with van der Waals surface area (Å²) in [6.07, 6.45) is 50.5. The first-order valence-electron chi connectivity index (χ1n) is 29.6. The van der Waals surface area contributed by atoms with Gasteiger partial charge in [0.05, 0.1) is 0 Å². The molecule has 0 saturated heterocycles. The fraction of sp³-hybridized carbons (Fsp3) is 0.785. The first kappa shape index (κ1) is 63.2. The number of aryl methyl sites for hydroxylation is 1. The molecule has 378 valence electrons. The average Bonchev–Trinajstić information content (AvgIpc) is 4.27. The van der Waals surface area contributed by atoms with Crippen molar-refractivity contribution in [3.63, 3.8) is 0 Å². The molecule has 4 atom stereocenters. The Morgan fingerprint density at radius 3 is 1.75 bits per heavy atom. The molecule has 0 aliphatic heterocycles. The molecule has 0 radical (unpaired) electrons. The molecule has 3 aliphatic carbocycles. The number of benzene rings is 1. The molecule has 0 bridgehead atoms. The van der Waals surface area contributed by atoms with Crippen molar-refractivity contribution in [2.75, 3.05) is 0 Å². The highest BCUT2D eigenvalue weighted by molar-refractivity contribution is 5.72. The van der Waals surface area contributed by atoms with Crippen molar-refractivity contribution < 1.29 is 0 Å². The van der Waals surface area contributed by atoms with Gasteiger partial charge >= 0.3 is 0 Å². The Bertz CT molecular complexity index is 1390. The van der Waals surface area contributed by atoms with Crippen LogP contribution in [0.1, 0.15) is 324 Å². The van der Waals surface area contributed by atoms with E-state index in [9.17, 15) is 0 Å². The molecule has 0 aromatic heterocycles. The third-order valence-corrected chi connectivity index (χ3v) is 14.9. The lowest BCUT2D eigenvalue weighted by molar-refractivity contribution is 0.352. The minimum Gasteiger partial charge on any atom is -0.0770 e. The molecule has 1 aromatic rings. The summed E-state index contributed by atoms with van der Waals surface area (Å²) in [5.41, 5.74) is 12.3. The van der Waals surface area contributed by atoms with Crippen molar-refractivity contribution >= 4 is 5.57 Å². The van der Waals surface area contributed by atoms with Gasteiger partial charge in [-0.2, -0.15) is 0 Å². The summed E-state index contributed by atoms with van der Waals surface area (Å²) >= 11 is 0. The van der Waals surface area contributed by atoms with Gasteiger partial charge in [0, 0.05) is 0 Å². The Kier molecular flexibility index (Phi) is 40.0. The molecule has 3 fully saturated rings. The van der Waals surface area contributed by atoms with Crippen molar-refractivity contribution in [1.82, 2.24) is 0 Å². The van der Waals surface area contributed by atoms with Gasteiger partial charge in [-0.25, -0.2) is 0 Å². The second-order valence-electron chi connectivity index (χ2n) is 20.2. The maximum atomic E-state index is 2.65. The van der Waals surface area contributed by atoms with Crippen molar-refractivity contribution in [3.05, 3.63) is 75.4 Å². The minimum absolute atomic E-state index is 0.799. The lowest BCUT2D eigenvalue weighted by atomic mass is 9.75. The zero-order valence-electron chi connectivity index (χ0n) is 47.4. The van der Waals surface area contributed by atoms with Gasteiger partial charge in [-0.05, 0) is 147 Å². The highest BCUT2D eigenvalue weighted by Crippen LogP contribution is 2.54. The molecule has 0 amide bonds. The molecule has 0 N–H and O–H groups in total. The molecule has 0 spiro atoms. The van der Waals surface area contributed by atoms with Crippen LogP contribution in [0.5, 0.6) is 0 Å². The SMILES string of the molecule is CC.CC.CC.CCC/C=C(/C=C(/C)c1cc(C2CCC2)c(C2CC2CCCCCCCCCCCC)cc1C)C(\C)=C\C=C(\CC)C1CC1.CCCCCC(CCC)CCC(C)CC. The van der Waals surface area contributed by atoms with E-state index >= 15 is 0 Å². The number of hydrogen-bond acceptors (Lipinski definition) is 0. The van der Waals surface area contributed by atoms with E-state index in [1.807, 2.05) is 41.5 Å². The molecule has 0 nitrogen and oxygen atoms in total. The summed E-state index contributed by atoms with van der Waals surface area (Å²) in [5.74, 6) is 5.39. The van der Waals surface area contributed by atoms with Gasteiger partial charge in [-0.3, -0.25) is 0 Å². The minimum atomic E-state index is 0.799. The molecule has 65 heavy (non-hydrogen) atoms. The number of hydrogen-bond donors (Lipinski definition) is 0. The van der Waals surface area contributed by atoms with Crippen molar-refractivity contribution in [2.24, 2.45) is 23.7 Å². The van der Waals surface area contributed by atoms with Gasteiger partial charge in [0.2, 0.25) is 0 Å². The van der Waals surface area contributed by atoms with E-state index in [2.05, 4.69) is 106 Å². The third kappa shape index (κ3) is 27.1. The molecule has 3 aliphatic rings. The highest BCUT2D eigenvalue weighted by Gasteiger charge is 2.40. The standard InChI is InChI=1S/C44H68.C15H32.3C2H6/c1-7-10-12-13-14-15-16-17-18-19-22-40-31-42(40)44-30-35(6)41(32-43(44)38-23-20-24-38)34(5)29-39(21-11-8-2)33(4)25-26-36(9-3)37-27-28-37;1-5-8-9-11-15(10-6-2)13-12-14(4)7-3;3*1-2/h21,25-26,29-30,32,37-38,40,42H,7-20,22-24,27-28,31H2,1-6H3;14-15H,5-13H2,1-4H3;3*1-2H3/b33-25+,34-29-,36-26-,39-21-;;;;. The summed E-state index contributed by atoms with van der Waals surface area (Å²) in [4.78, 5) is 0. The number of allylic oxidation sites excluding steroid dienone is 8. The average molecular weight is 900 g/mol. The first-order valence-corrected chi connectivity index (χ1v) is 29.6. The van der Waals surface area contributed by atoms with E-state index in [4.69, 9.17) is 0 Å². The largest absolute Gasteiger partial charge is 0.0770 e. The van der Waals surface area contributed by atoms with Crippen LogP contribution in [0.3, 0.4) is 0 Å². The van der Waals surface area contributed by atoms with Gasteiger partial charge in [-0.1, -0.05) is 267 Å². The predicted octanol–water partition coefficient (Wildman–Crippen LogP) is 23.4. The van der Waals surface area contributed by atoms with E-state index in [-0.39, 0.29) is 0 Å². The Hall–Kier alpha value is -1.82. The van der Waals surface area contributed by atoms with Crippen LogP contribution < -0.4 is 0 Å². The summed E-state index contributed by atoms with van der Waals surface area (Å²) < 4.78 is 0. The summed E-state index contributed by atoms with van der Waals surface area (Å²) in [6, 6.07) is 5.28. The van der Waals surface area contributed by atoms with Crippen LogP contribution in [0, 0.1) is 30.6 Å². The Labute approximate surface area is 411 Å². The molecular formula is C65H118. The van der Waals surface area contributed by atoms with Crippen LogP contribution >= 0.6 is 0 Å². The molecule has 0 heterocycles. The fourth-order valence-corrected chi connectivity index (χ4v) is 9.93. The molecule has 1 aromatic carbocycles.